The van der Waals surface area contributed by atoms with Gasteiger partial charge in [-0.25, -0.2) is 13.1 Å². The van der Waals surface area contributed by atoms with Crippen molar-refractivity contribution in [3.63, 3.8) is 0 Å². The molecule has 6 nitrogen and oxygen atoms in total. The van der Waals surface area contributed by atoms with E-state index in [0.29, 0.717) is 23.4 Å². The molecule has 0 aliphatic carbocycles. The molecule has 0 bridgehead atoms. The highest BCUT2D eigenvalue weighted by Gasteiger charge is 2.15. The van der Waals surface area contributed by atoms with Crippen LogP contribution in [0.5, 0.6) is 0 Å². The number of nitrogens with zero attached hydrogens (tertiary/aromatic N) is 1. The monoisotopic (exact) mass is 338 g/mol. The van der Waals surface area contributed by atoms with Crippen LogP contribution in [-0.4, -0.2) is 34.0 Å². The average Bonchev–Trinajstić information content (AvgIpc) is 2.83. The zero-order chi connectivity index (χ0) is 15.0. The summed E-state index contributed by atoms with van der Waals surface area (Å²) in [5, 5.41) is 2.85. The Kier molecular flexibility index (Phi) is 7.28. The summed E-state index contributed by atoms with van der Waals surface area (Å²) >= 11 is 6.73. The van der Waals surface area contributed by atoms with E-state index in [1.807, 2.05) is 0 Å². The fraction of sp³-hybridized carbons (Fsp3) is 0.545. The first-order chi connectivity index (χ1) is 9.45. The van der Waals surface area contributed by atoms with Crippen LogP contribution in [0.1, 0.15) is 19.8 Å². The molecule has 114 valence electrons. The van der Waals surface area contributed by atoms with Gasteiger partial charge in [0.1, 0.15) is 4.21 Å². The second kappa shape index (κ2) is 8.46. The maximum Gasteiger partial charge on any atom is 0.250 e. The lowest BCUT2D eigenvalue weighted by molar-refractivity contribution is 0.583. The van der Waals surface area contributed by atoms with Crippen molar-refractivity contribution in [2.24, 2.45) is 10.7 Å². The van der Waals surface area contributed by atoms with E-state index in [2.05, 4.69) is 22.0 Å². The predicted molar refractivity (Wildman–Crippen MR) is 83.9 cm³/mol. The second-order valence-corrected chi connectivity index (χ2v) is 7.71. The zero-order valence-electron chi connectivity index (χ0n) is 11.2. The van der Waals surface area contributed by atoms with Crippen LogP contribution in [0.15, 0.2) is 21.3 Å². The number of rotatable bonds is 8. The molecule has 0 radical (unpaired) electrons. The van der Waals surface area contributed by atoms with E-state index in [1.54, 1.807) is 6.07 Å². The van der Waals surface area contributed by atoms with Crippen molar-refractivity contribution in [1.82, 2.24) is 10.0 Å². The minimum atomic E-state index is -3.49. The third kappa shape index (κ3) is 6.08. The normalized spacial score (nSPS) is 12.6. The molecule has 0 aliphatic heterocycles. The summed E-state index contributed by atoms with van der Waals surface area (Å²) in [5.74, 6) is 0.330. The third-order valence-electron chi connectivity index (χ3n) is 2.33. The lowest BCUT2D eigenvalue weighted by atomic mass is 10.3. The van der Waals surface area contributed by atoms with E-state index in [4.69, 9.17) is 17.3 Å². The number of nitrogens with one attached hydrogen (secondary N) is 2. The molecule has 20 heavy (non-hydrogen) atoms. The minimum Gasteiger partial charge on any atom is -0.370 e. The Balaban J connectivity index is 2.32. The van der Waals surface area contributed by atoms with Gasteiger partial charge in [-0.1, -0.05) is 24.9 Å². The van der Waals surface area contributed by atoms with Crippen molar-refractivity contribution in [2.75, 3.05) is 19.6 Å². The molecule has 9 heteroatoms. The van der Waals surface area contributed by atoms with Crippen molar-refractivity contribution in [2.45, 2.75) is 24.0 Å². The number of hydrogen-bond acceptors (Lipinski definition) is 4. The molecule has 1 aromatic rings. The standard InChI is InChI=1S/C11H19ClN4O2S2/c1-2-3-6-14-11(13)15-7-8-16-20(17,18)10-5-4-9(12)19-10/h4-5,16H,2-3,6-8H2,1H3,(H3,13,14,15). The molecule has 0 saturated heterocycles. The van der Waals surface area contributed by atoms with Crippen molar-refractivity contribution >= 4 is 38.9 Å². The maximum absolute atomic E-state index is 11.9. The first kappa shape index (κ1) is 17.2. The van der Waals surface area contributed by atoms with Gasteiger partial charge in [-0.2, -0.15) is 0 Å². The van der Waals surface area contributed by atoms with Crippen LogP contribution in [0.3, 0.4) is 0 Å². The quantitative estimate of drug-likeness (QED) is 0.379. The topological polar surface area (TPSA) is 96.6 Å². The Bertz CT molecular complexity index is 542. The van der Waals surface area contributed by atoms with Crippen LogP contribution in [0.2, 0.25) is 4.34 Å². The number of sulfonamides is 1. The van der Waals surface area contributed by atoms with E-state index >= 15 is 0 Å². The molecule has 0 fully saturated rings. The van der Waals surface area contributed by atoms with Crippen LogP contribution in [0, 0.1) is 0 Å². The molecule has 4 N–H and O–H groups in total. The fourth-order valence-electron chi connectivity index (χ4n) is 1.30. The predicted octanol–water partition coefficient (Wildman–Crippen LogP) is 1.38. The molecular formula is C11H19ClN4O2S2. The summed E-state index contributed by atoms with van der Waals surface area (Å²) in [6.45, 7) is 3.35. The molecule has 0 aliphatic rings. The highest BCUT2D eigenvalue weighted by molar-refractivity contribution is 7.91. The van der Waals surface area contributed by atoms with Crippen LogP contribution in [-0.2, 0) is 10.0 Å². The van der Waals surface area contributed by atoms with E-state index in [-0.39, 0.29) is 10.8 Å². The number of guanidine groups is 1. The molecule has 0 spiro atoms. The maximum atomic E-state index is 11.9. The molecule has 0 atom stereocenters. The van der Waals surface area contributed by atoms with Crippen LogP contribution < -0.4 is 15.8 Å². The highest BCUT2D eigenvalue weighted by Crippen LogP contribution is 2.24. The van der Waals surface area contributed by atoms with Gasteiger partial charge >= 0.3 is 0 Å². The van der Waals surface area contributed by atoms with E-state index in [0.717, 1.165) is 24.2 Å². The average molecular weight is 339 g/mol. The van der Waals surface area contributed by atoms with Gasteiger partial charge < -0.3 is 11.1 Å². The van der Waals surface area contributed by atoms with Gasteiger partial charge in [-0.3, -0.25) is 4.99 Å². The van der Waals surface area contributed by atoms with Crippen molar-refractivity contribution in [1.29, 1.82) is 0 Å². The molecule has 0 saturated carbocycles. The number of hydrogen-bond donors (Lipinski definition) is 3. The highest BCUT2D eigenvalue weighted by atomic mass is 35.5. The fourth-order valence-corrected chi connectivity index (χ4v) is 3.86. The van der Waals surface area contributed by atoms with Crippen LogP contribution in [0.4, 0.5) is 0 Å². The second-order valence-electron chi connectivity index (χ2n) is 4.00. The Morgan fingerprint density at radius 1 is 1.45 bits per heavy atom. The number of aliphatic imine (C=N–C) groups is 1. The molecule has 1 heterocycles. The van der Waals surface area contributed by atoms with Gasteiger partial charge in [-0.05, 0) is 18.6 Å². The molecule has 0 aromatic carbocycles. The van der Waals surface area contributed by atoms with Gasteiger partial charge in [-0.15, -0.1) is 11.3 Å². The van der Waals surface area contributed by atoms with E-state index in [9.17, 15) is 8.42 Å². The minimum absolute atomic E-state index is 0.201. The Morgan fingerprint density at radius 3 is 2.80 bits per heavy atom. The third-order valence-corrected chi connectivity index (χ3v) is 5.51. The summed E-state index contributed by atoms with van der Waals surface area (Å²) in [4.78, 5) is 4.10. The Morgan fingerprint density at radius 2 is 2.20 bits per heavy atom. The van der Waals surface area contributed by atoms with Crippen molar-refractivity contribution in [3.8, 4) is 0 Å². The lowest BCUT2D eigenvalue weighted by Gasteiger charge is -2.07. The van der Waals surface area contributed by atoms with Gasteiger partial charge in [0.15, 0.2) is 5.96 Å². The van der Waals surface area contributed by atoms with Gasteiger partial charge in [0.25, 0.3) is 0 Å². The van der Waals surface area contributed by atoms with Gasteiger partial charge in [0.2, 0.25) is 10.0 Å². The van der Waals surface area contributed by atoms with E-state index < -0.39 is 10.0 Å². The Hall–Kier alpha value is -0.830. The molecule has 0 amide bonds. The molecular weight excluding hydrogens is 320 g/mol. The summed E-state index contributed by atoms with van der Waals surface area (Å²) in [5.41, 5.74) is 5.63. The zero-order valence-corrected chi connectivity index (χ0v) is 13.6. The first-order valence-electron chi connectivity index (χ1n) is 6.24. The summed E-state index contributed by atoms with van der Waals surface area (Å²) in [7, 11) is -3.49. The molecule has 1 rings (SSSR count). The van der Waals surface area contributed by atoms with Crippen LogP contribution in [0.25, 0.3) is 0 Å². The first-order valence-corrected chi connectivity index (χ1v) is 8.92. The molecule has 1 aromatic heterocycles. The van der Waals surface area contributed by atoms with Crippen LogP contribution >= 0.6 is 22.9 Å². The largest absolute Gasteiger partial charge is 0.370 e. The Labute approximate surface area is 128 Å². The SMILES string of the molecule is CCCCN=C(N)NCCNS(=O)(=O)c1ccc(Cl)s1. The van der Waals surface area contributed by atoms with Crippen molar-refractivity contribution in [3.05, 3.63) is 16.5 Å². The smallest absolute Gasteiger partial charge is 0.250 e. The lowest BCUT2D eigenvalue weighted by Crippen LogP contribution is -2.38. The number of halogens is 1. The summed E-state index contributed by atoms with van der Waals surface area (Å²) < 4.78 is 26.8. The van der Waals surface area contributed by atoms with Gasteiger partial charge in [0.05, 0.1) is 4.34 Å². The number of nitrogens with two attached hydrogens (primary N) is 1. The molecule has 0 unspecified atom stereocenters. The number of thiophene rings is 1. The summed E-state index contributed by atoms with van der Waals surface area (Å²) in [6, 6.07) is 3.03. The van der Waals surface area contributed by atoms with Gasteiger partial charge in [0, 0.05) is 19.6 Å². The summed E-state index contributed by atoms with van der Waals surface area (Å²) in [6.07, 6.45) is 2.04. The van der Waals surface area contributed by atoms with Crippen molar-refractivity contribution < 1.29 is 8.42 Å². The number of unbranched alkanes of at least 4 members (excludes halogenated alkanes) is 1. The van der Waals surface area contributed by atoms with E-state index in [1.165, 1.54) is 6.07 Å².